The number of carboxylic acids is 1. The number of thioether (sulfide) groups is 1. The number of aliphatic carboxylic acids is 1. The second-order valence-electron chi connectivity index (χ2n) is 5.84. The third-order valence-electron chi connectivity index (χ3n) is 3.58. The fourth-order valence-electron chi connectivity index (χ4n) is 2.20. The molecule has 2 atom stereocenters. The van der Waals surface area contributed by atoms with Crippen LogP contribution in [-0.2, 0) is 9.59 Å². The normalized spacial score (nSPS) is 13.4. The Labute approximate surface area is 148 Å². The van der Waals surface area contributed by atoms with Crippen molar-refractivity contribution in [3.05, 3.63) is 29.8 Å². The quantitative estimate of drug-likeness (QED) is 0.631. The molecule has 0 bridgehead atoms. The van der Waals surface area contributed by atoms with Crippen LogP contribution >= 0.6 is 11.8 Å². The summed E-state index contributed by atoms with van der Waals surface area (Å²) in [5.41, 5.74) is 1.02. The van der Waals surface area contributed by atoms with Crippen molar-refractivity contribution >= 4 is 23.6 Å². The Hall–Kier alpha value is -1.69. The van der Waals surface area contributed by atoms with E-state index in [4.69, 9.17) is 4.74 Å². The summed E-state index contributed by atoms with van der Waals surface area (Å²) in [5.74, 6) is 1.11. The van der Waals surface area contributed by atoms with Crippen molar-refractivity contribution in [1.29, 1.82) is 0 Å². The van der Waals surface area contributed by atoms with E-state index in [1.54, 1.807) is 18.7 Å². The van der Waals surface area contributed by atoms with Crippen LogP contribution in [-0.4, -0.2) is 40.6 Å². The molecule has 1 rings (SSSR count). The zero-order valence-corrected chi connectivity index (χ0v) is 15.6. The third kappa shape index (κ3) is 6.43. The first-order valence-electron chi connectivity index (χ1n) is 8.23. The van der Waals surface area contributed by atoms with Crippen molar-refractivity contribution in [2.75, 3.05) is 11.5 Å². The molecule has 1 aromatic carbocycles. The minimum atomic E-state index is -1.02. The fraction of sp³-hybridized carbons (Fsp3) is 0.556. The topological polar surface area (TPSA) is 75.6 Å². The van der Waals surface area contributed by atoms with Crippen LogP contribution in [0.2, 0.25) is 0 Å². The summed E-state index contributed by atoms with van der Waals surface area (Å²) < 4.78 is 5.76. The van der Waals surface area contributed by atoms with Gasteiger partial charge in [0.2, 0.25) is 0 Å². The van der Waals surface area contributed by atoms with Gasteiger partial charge in [0.25, 0.3) is 5.91 Å². The first-order chi connectivity index (χ1) is 11.4. The van der Waals surface area contributed by atoms with E-state index in [1.807, 2.05) is 31.2 Å². The summed E-state index contributed by atoms with van der Waals surface area (Å²) in [6.07, 6.45) is -0.361. The number of hydrogen-bond donors (Lipinski definition) is 2. The largest absolute Gasteiger partial charge is 0.481 e. The minimum absolute atomic E-state index is 0.272. The van der Waals surface area contributed by atoms with E-state index in [2.05, 4.69) is 19.2 Å². The Bertz CT molecular complexity index is 548. The summed E-state index contributed by atoms with van der Waals surface area (Å²) in [6, 6.07) is 6.69. The third-order valence-corrected chi connectivity index (χ3v) is 4.52. The lowest BCUT2D eigenvalue weighted by Gasteiger charge is -2.21. The van der Waals surface area contributed by atoms with Gasteiger partial charge >= 0.3 is 5.97 Å². The number of benzene rings is 1. The zero-order valence-electron chi connectivity index (χ0n) is 14.7. The van der Waals surface area contributed by atoms with Crippen LogP contribution < -0.4 is 10.1 Å². The van der Waals surface area contributed by atoms with Crippen LogP contribution in [0.15, 0.2) is 24.3 Å². The predicted octanol–water partition coefficient (Wildman–Crippen LogP) is 3.29. The molecular weight excluding hydrogens is 326 g/mol. The number of para-hydroxylation sites is 1. The molecule has 1 aromatic rings. The van der Waals surface area contributed by atoms with Crippen molar-refractivity contribution in [1.82, 2.24) is 5.32 Å². The van der Waals surface area contributed by atoms with Gasteiger partial charge in [0, 0.05) is 0 Å². The standard InChI is InChI=1S/C18H27NO4S/c1-5-24-11-10-15(18(21)22)19-17(20)13(4)23-16-9-7-6-8-14(16)12(2)3/h6-9,12-13,15H,5,10-11H2,1-4H3,(H,19,20)(H,21,22). The van der Waals surface area contributed by atoms with Crippen LogP contribution in [0.3, 0.4) is 0 Å². The Morgan fingerprint density at radius 3 is 2.50 bits per heavy atom. The molecule has 0 aliphatic carbocycles. The molecule has 0 aliphatic heterocycles. The molecule has 0 aliphatic rings. The van der Waals surface area contributed by atoms with Gasteiger partial charge in [-0.2, -0.15) is 11.8 Å². The number of rotatable bonds is 10. The summed E-state index contributed by atoms with van der Waals surface area (Å²) in [6.45, 7) is 7.75. The van der Waals surface area contributed by atoms with E-state index in [1.165, 1.54) is 0 Å². The Balaban J connectivity index is 2.68. The van der Waals surface area contributed by atoms with E-state index in [-0.39, 0.29) is 5.92 Å². The molecule has 0 saturated heterocycles. The number of amides is 1. The summed E-state index contributed by atoms with van der Waals surface area (Å²) in [5, 5.41) is 11.8. The van der Waals surface area contributed by atoms with Gasteiger partial charge in [0.1, 0.15) is 11.8 Å². The molecule has 2 N–H and O–H groups in total. The highest BCUT2D eigenvalue weighted by Crippen LogP contribution is 2.26. The Morgan fingerprint density at radius 1 is 1.25 bits per heavy atom. The first kappa shape index (κ1) is 20.4. The van der Waals surface area contributed by atoms with E-state index >= 15 is 0 Å². The van der Waals surface area contributed by atoms with Crippen molar-refractivity contribution in [2.45, 2.75) is 52.2 Å². The van der Waals surface area contributed by atoms with Crippen molar-refractivity contribution < 1.29 is 19.4 Å². The average molecular weight is 353 g/mol. The smallest absolute Gasteiger partial charge is 0.326 e. The van der Waals surface area contributed by atoms with Gasteiger partial charge in [-0.3, -0.25) is 4.79 Å². The van der Waals surface area contributed by atoms with Crippen LogP contribution in [0.25, 0.3) is 0 Å². The number of ether oxygens (including phenoxy) is 1. The minimum Gasteiger partial charge on any atom is -0.481 e. The number of hydrogen-bond acceptors (Lipinski definition) is 4. The SMILES string of the molecule is CCSCCC(NC(=O)C(C)Oc1ccccc1C(C)C)C(=O)O. The highest BCUT2D eigenvalue weighted by atomic mass is 32.2. The van der Waals surface area contributed by atoms with E-state index < -0.39 is 24.0 Å². The Morgan fingerprint density at radius 2 is 1.92 bits per heavy atom. The second-order valence-corrected chi connectivity index (χ2v) is 7.23. The lowest BCUT2D eigenvalue weighted by atomic mass is 10.0. The van der Waals surface area contributed by atoms with Gasteiger partial charge in [0.05, 0.1) is 0 Å². The highest BCUT2D eigenvalue weighted by molar-refractivity contribution is 7.99. The Kier molecular flexibility index (Phi) is 8.68. The maximum Gasteiger partial charge on any atom is 0.326 e. The van der Waals surface area contributed by atoms with Gasteiger partial charge in [-0.25, -0.2) is 4.79 Å². The van der Waals surface area contributed by atoms with E-state index in [0.717, 1.165) is 11.3 Å². The molecule has 24 heavy (non-hydrogen) atoms. The van der Waals surface area contributed by atoms with Crippen LogP contribution in [0.1, 0.15) is 45.6 Å². The molecule has 1 amide bonds. The molecule has 0 aromatic heterocycles. The lowest BCUT2D eigenvalue weighted by molar-refractivity contribution is -0.142. The number of carbonyl (C=O) groups excluding carboxylic acids is 1. The van der Waals surface area contributed by atoms with Crippen LogP contribution in [0.4, 0.5) is 0 Å². The summed E-state index contributed by atoms with van der Waals surface area (Å²) in [7, 11) is 0. The molecule has 5 nitrogen and oxygen atoms in total. The predicted molar refractivity (Wildman–Crippen MR) is 97.8 cm³/mol. The molecule has 0 fully saturated rings. The molecule has 6 heteroatoms. The number of carboxylic acid groups (broad SMARTS) is 1. The van der Waals surface area contributed by atoms with E-state index in [0.29, 0.717) is 17.9 Å². The fourth-order valence-corrected chi connectivity index (χ4v) is 2.89. The summed E-state index contributed by atoms with van der Waals surface area (Å²) in [4.78, 5) is 23.6. The molecule has 0 saturated carbocycles. The monoisotopic (exact) mass is 353 g/mol. The first-order valence-corrected chi connectivity index (χ1v) is 9.38. The molecule has 0 heterocycles. The van der Waals surface area contributed by atoms with Gasteiger partial charge in [-0.1, -0.05) is 39.0 Å². The second kappa shape index (κ2) is 10.2. The van der Waals surface area contributed by atoms with Crippen LogP contribution in [0, 0.1) is 0 Å². The lowest BCUT2D eigenvalue weighted by Crippen LogP contribution is -2.46. The van der Waals surface area contributed by atoms with E-state index in [9.17, 15) is 14.7 Å². The van der Waals surface area contributed by atoms with Gasteiger partial charge < -0.3 is 15.2 Å². The van der Waals surface area contributed by atoms with Gasteiger partial charge in [-0.05, 0) is 42.4 Å². The molecule has 2 unspecified atom stereocenters. The van der Waals surface area contributed by atoms with Crippen molar-refractivity contribution in [2.24, 2.45) is 0 Å². The number of nitrogens with one attached hydrogen (secondary N) is 1. The van der Waals surface area contributed by atoms with Gasteiger partial charge in [-0.15, -0.1) is 0 Å². The molecule has 0 radical (unpaired) electrons. The zero-order chi connectivity index (χ0) is 18.1. The maximum atomic E-state index is 12.3. The summed E-state index contributed by atoms with van der Waals surface area (Å²) >= 11 is 1.65. The maximum absolute atomic E-state index is 12.3. The van der Waals surface area contributed by atoms with Crippen molar-refractivity contribution in [3.8, 4) is 5.75 Å². The van der Waals surface area contributed by atoms with Crippen LogP contribution in [0.5, 0.6) is 5.75 Å². The van der Waals surface area contributed by atoms with Gasteiger partial charge in [0.15, 0.2) is 6.10 Å². The number of carbonyl (C=O) groups is 2. The molecular formula is C18H27NO4S. The highest BCUT2D eigenvalue weighted by Gasteiger charge is 2.24. The molecule has 134 valence electrons. The van der Waals surface area contributed by atoms with Crippen molar-refractivity contribution in [3.63, 3.8) is 0 Å². The average Bonchev–Trinajstić information content (AvgIpc) is 2.54. The molecule has 0 spiro atoms.